The number of nitrogens with two attached hydrogens (primary N) is 1. The van der Waals surface area contributed by atoms with Gasteiger partial charge in [-0.25, -0.2) is 14.4 Å². The van der Waals surface area contributed by atoms with Gasteiger partial charge in [0.05, 0.1) is 37.0 Å². The van der Waals surface area contributed by atoms with Crippen molar-refractivity contribution >= 4 is 17.3 Å². The van der Waals surface area contributed by atoms with Crippen LogP contribution in [-0.2, 0) is 4.74 Å². The summed E-state index contributed by atoms with van der Waals surface area (Å²) < 4.78 is 18.8. The summed E-state index contributed by atoms with van der Waals surface area (Å²) in [6, 6.07) is 8.35. The van der Waals surface area contributed by atoms with Crippen LogP contribution < -0.4 is 11.1 Å². The van der Waals surface area contributed by atoms with Crippen LogP contribution in [0.25, 0.3) is 11.4 Å². The fourth-order valence-electron chi connectivity index (χ4n) is 3.65. The van der Waals surface area contributed by atoms with Crippen LogP contribution in [-0.4, -0.2) is 65.8 Å². The molecule has 8 heteroatoms. The predicted molar refractivity (Wildman–Crippen MR) is 106 cm³/mol. The number of hydrogen-bond acceptors (Lipinski definition) is 7. The molecule has 0 aliphatic carbocycles. The normalized spacial score (nSPS) is 17.8. The molecule has 0 atom stereocenters. The molecule has 2 aromatic rings. The Hall–Kier alpha value is -2.71. The highest BCUT2D eigenvalue weighted by molar-refractivity contribution is 5.89. The molecular weight excluding hydrogens is 359 g/mol. The second-order valence-electron chi connectivity index (χ2n) is 6.94. The zero-order chi connectivity index (χ0) is 19.3. The minimum absolute atomic E-state index is 0.239. The lowest BCUT2D eigenvalue weighted by Crippen LogP contribution is -2.38. The van der Waals surface area contributed by atoms with Gasteiger partial charge in [-0.1, -0.05) is 0 Å². The second kappa shape index (κ2) is 8.53. The van der Waals surface area contributed by atoms with Crippen LogP contribution in [0.1, 0.15) is 17.7 Å². The van der Waals surface area contributed by atoms with Crippen LogP contribution in [0.15, 0.2) is 36.5 Å². The summed E-state index contributed by atoms with van der Waals surface area (Å²) in [7, 11) is 0. The molecule has 3 heterocycles. The topological polar surface area (TPSA) is 79.5 Å². The number of nitrogen functional groups attached to an aromatic ring is 1. The van der Waals surface area contributed by atoms with Gasteiger partial charge >= 0.3 is 0 Å². The Morgan fingerprint density at radius 3 is 2.64 bits per heavy atom. The van der Waals surface area contributed by atoms with Crippen molar-refractivity contribution < 1.29 is 9.13 Å². The van der Waals surface area contributed by atoms with Gasteiger partial charge in [0.25, 0.3) is 0 Å². The summed E-state index contributed by atoms with van der Waals surface area (Å²) in [5.74, 6) is -0.0128. The van der Waals surface area contributed by atoms with E-state index in [1.54, 1.807) is 18.3 Å². The van der Waals surface area contributed by atoms with Crippen molar-refractivity contribution in [3.05, 3.63) is 53.6 Å². The van der Waals surface area contributed by atoms with Crippen molar-refractivity contribution in [3.63, 3.8) is 0 Å². The van der Waals surface area contributed by atoms with Crippen molar-refractivity contribution in [3.8, 4) is 0 Å². The Morgan fingerprint density at radius 2 is 1.89 bits per heavy atom. The average molecular weight is 384 g/mol. The van der Waals surface area contributed by atoms with Gasteiger partial charge in [-0.2, -0.15) is 0 Å². The highest BCUT2D eigenvalue weighted by atomic mass is 19.1. The molecule has 0 amide bonds. The Bertz CT molecular complexity index is 835. The van der Waals surface area contributed by atoms with Crippen molar-refractivity contribution in [1.29, 1.82) is 0 Å². The maximum atomic E-state index is 13.4. The fraction of sp³-hybridized carbons (Fsp3) is 0.400. The lowest BCUT2D eigenvalue weighted by Gasteiger charge is -2.28. The van der Waals surface area contributed by atoms with E-state index in [0.29, 0.717) is 6.67 Å². The van der Waals surface area contributed by atoms with Gasteiger partial charge in [-0.15, -0.1) is 0 Å². The van der Waals surface area contributed by atoms with E-state index in [1.165, 1.54) is 12.1 Å². The first-order valence-electron chi connectivity index (χ1n) is 9.59. The van der Waals surface area contributed by atoms with Gasteiger partial charge in [0.15, 0.2) is 0 Å². The number of nitrogens with zero attached hydrogens (tertiary/aromatic N) is 4. The molecule has 1 aromatic heterocycles. The minimum atomic E-state index is -0.252. The summed E-state index contributed by atoms with van der Waals surface area (Å²) in [5.41, 5.74) is 9.42. The molecule has 0 spiro atoms. The number of hydrogen-bond donors (Lipinski definition) is 2. The Morgan fingerprint density at radius 1 is 1.11 bits per heavy atom. The Kier molecular flexibility index (Phi) is 5.68. The SMILES string of the molecule is Nc1nccc(C2=C(c3ccc(F)cc3)NCN2CCCN2CCOCC2)n1. The first-order chi connectivity index (χ1) is 13.7. The van der Waals surface area contributed by atoms with Crippen molar-refractivity contribution in [2.75, 3.05) is 51.8 Å². The zero-order valence-electron chi connectivity index (χ0n) is 15.8. The average Bonchev–Trinajstić information content (AvgIpc) is 3.13. The van der Waals surface area contributed by atoms with Gasteiger partial charge in [0, 0.05) is 37.9 Å². The lowest BCUT2D eigenvalue weighted by molar-refractivity contribution is 0.0367. The summed E-state index contributed by atoms with van der Waals surface area (Å²) in [6.45, 7) is 6.19. The molecule has 0 radical (unpaired) electrons. The number of morpholine rings is 1. The molecule has 4 rings (SSSR count). The number of nitrogens with one attached hydrogen (secondary N) is 1. The zero-order valence-corrected chi connectivity index (χ0v) is 15.8. The maximum absolute atomic E-state index is 13.4. The Labute approximate surface area is 164 Å². The minimum Gasteiger partial charge on any atom is -0.379 e. The Balaban J connectivity index is 1.56. The van der Waals surface area contributed by atoms with E-state index in [1.807, 2.05) is 6.07 Å². The maximum Gasteiger partial charge on any atom is 0.220 e. The third-order valence-corrected chi connectivity index (χ3v) is 5.06. The number of anilines is 1. The van der Waals surface area contributed by atoms with Crippen molar-refractivity contribution in [1.82, 2.24) is 25.1 Å². The molecule has 28 heavy (non-hydrogen) atoms. The standard InChI is InChI=1S/C20H25FN6O/c21-16-4-2-15(3-5-16)18-19(17-6-7-23-20(22)25-17)27(14-24-18)9-1-8-26-10-12-28-13-11-26/h2-7,24H,1,8-14H2,(H2,22,23,25). The summed E-state index contributed by atoms with van der Waals surface area (Å²) in [4.78, 5) is 13.1. The number of ether oxygens (including phenoxy) is 1. The molecule has 0 unspecified atom stereocenters. The molecule has 1 fully saturated rings. The largest absolute Gasteiger partial charge is 0.379 e. The van der Waals surface area contributed by atoms with Gasteiger partial charge in [-0.3, -0.25) is 4.90 Å². The van der Waals surface area contributed by atoms with Crippen LogP contribution >= 0.6 is 0 Å². The summed E-state index contributed by atoms with van der Waals surface area (Å²) in [6.07, 6.45) is 2.69. The van der Waals surface area contributed by atoms with Gasteiger partial charge in [-0.05, 0) is 36.8 Å². The number of rotatable bonds is 6. The van der Waals surface area contributed by atoms with E-state index in [4.69, 9.17) is 10.5 Å². The predicted octanol–water partition coefficient (Wildman–Crippen LogP) is 1.61. The summed E-state index contributed by atoms with van der Waals surface area (Å²) in [5, 5.41) is 3.45. The van der Waals surface area contributed by atoms with E-state index in [2.05, 4.69) is 25.1 Å². The first kappa shape index (κ1) is 18.6. The smallest absolute Gasteiger partial charge is 0.220 e. The van der Waals surface area contributed by atoms with E-state index >= 15 is 0 Å². The highest BCUT2D eigenvalue weighted by Crippen LogP contribution is 2.31. The van der Waals surface area contributed by atoms with E-state index in [-0.39, 0.29) is 11.8 Å². The lowest BCUT2D eigenvalue weighted by atomic mass is 10.1. The summed E-state index contributed by atoms with van der Waals surface area (Å²) >= 11 is 0. The monoisotopic (exact) mass is 384 g/mol. The molecule has 2 aliphatic rings. The van der Waals surface area contributed by atoms with Crippen LogP contribution in [0.4, 0.5) is 10.3 Å². The van der Waals surface area contributed by atoms with Gasteiger partial charge < -0.3 is 20.7 Å². The van der Waals surface area contributed by atoms with Gasteiger partial charge in [0.1, 0.15) is 5.82 Å². The van der Waals surface area contributed by atoms with E-state index in [0.717, 1.165) is 68.5 Å². The molecular formula is C20H25FN6O. The van der Waals surface area contributed by atoms with Crippen LogP contribution in [0, 0.1) is 5.82 Å². The molecule has 2 aliphatic heterocycles. The first-order valence-corrected chi connectivity index (χ1v) is 9.59. The quantitative estimate of drug-likeness (QED) is 0.783. The van der Waals surface area contributed by atoms with E-state index in [9.17, 15) is 4.39 Å². The number of aromatic nitrogens is 2. The van der Waals surface area contributed by atoms with Crippen LogP contribution in [0.2, 0.25) is 0 Å². The second-order valence-corrected chi connectivity index (χ2v) is 6.94. The van der Waals surface area contributed by atoms with Crippen molar-refractivity contribution in [2.45, 2.75) is 6.42 Å². The molecule has 7 nitrogen and oxygen atoms in total. The van der Waals surface area contributed by atoms with Gasteiger partial charge in [0.2, 0.25) is 5.95 Å². The van der Waals surface area contributed by atoms with Crippen molar-refractivity contribution in [2.24, 2.45) is 0 Å². The highest BCUT2D eigenvalue weighted by Gasteiger charge is 2.25. The van der Waals surface area contributed by atoms with Crippen LogP contribution in [0.3, 0.4) is 0 Å². The fourth-order valence-corrected chi connectivity index (χ4v) is 3.65. The third-order valence-electron chi connectivity index (χ3n) is 5.06. The molecule has 1 aromatic carbocycles. The molecule has 148 valence electrons. The number of benzene rings is 1. The third kappa shape index (κ3) is 4.23. The molecule has 1 saturated heterocycles. The van der Waals surface area contributed by atoms with Crippen LogP contribution in [0.5, 0.6) is 0 Å². The van der Waals surface area contributed by atoms with E-state index < -0.39 is 0 Å². The molecule has 3 N–H and O–H groups in total. The number of halogens is 1. The molecule has 0 bridgehead atoms. The molecule has 0 saturated carbocycles.